The Labute approximate surface area is 252 Å². The van der Waals surface area contributed by atoms with Gasteiger partial charge in [0.15, 0.2) is 11.6 Å². The van der Waals surface area contributed by atoms with Crippen LogP contribution in [0.4, 0.5) is 0 Å². The van der Waals surface area contributed by atoms with Crippen molar-refractivity contribution < 1.29 is 69.7 Å². The summed E-state index contributed by atoms with van der Waals surface area (Å²) in [5.74, 6) is 0.465. The van der Waals surface area contributed by atoms with E-state index in [1.807, 2.05) is 0 Å². The van der Waals surface area contributed by atoms with Gasteiger partial charge in [-0.1, -0.05) is 87.4 Å². The van der Waals surface area contributed by atoms with Gasteiger partial charge in [-0.25, -0.2) is 0 Å². The summed E-state index contributed by atoms with van der Waals surface area (Å²) in [5, 5.41) is 18.9. The van der Waals surface area contributed by atoms with Crippen molar-refractivity contribution in [3.8, 4) is 0 Å². The van der Waals surface area contributed by atoms with Crippen molar-refractivity contribution in [2.24, 2.45) is 0 Å². The number of hydrogen-bond donors (Lipinski definition) is 2. The first-order valence-electron chi connectivity index (χ1n) is 11.7. The van der Waals surface area contributed by atoms with Crippen LogP contribution < -0.4 is 0 Å². The van der Waals surface area contributed by atoms with Crippen LogP contribution in [0, 0.1) is 13.8 Å². The van der Waals surface area contributed by atoms with E-state index in [2.05, 4.69) is 90.1 Å². The van der Waals surface area contributed by atoms with Gasteiger partial charge in [0, 0.05) is 50.1 Å². The van der Waals surface area contributed by atoms with Crippen molar-refractivity contribution in [3.63, 3.8) is 0 Å². The molecule has 2 aliphatic rings. The molecule has 6 N–H and O–H groups in total. The van der Waals surface area contributed by atoms with E-state index in [1.54, 1.807) is 0 Å². The van der Waals surface area contributed by atoms with Gasteiger partial charge in [0.05, 0.1) is 0 Å². The topological polar surface area (TPSA) is 138 Å². The first kappa shape index (κ1) is 40.6. The summed E-state index contributed by atoms with van der Waals surface area (Å²) in [6, 6.07) is 17.4. The van der Waals surface area contributed by atoms with E-state index < -0.39 is 23.8 Å². The van der Waals surface area contributed by atoms with Gasteiger partial charge in [0.25, 0.3) is 0 Å². The SMILES string of the molecule is Cc1ccc(C(C)C)cc1.Cc1ccc(C(C)C)cc1.O.O.O=C1C=CC(O)C2=C1C(O)C=CC2=O.[Ru].[Ru]. The minimum Gasteiger partial charge on any atom is -0.412 e. The fraction of sp³-hybridized carbons (Fsp3) is 0.333. The zero-order chi connectivity index (χ0) is 25.4. The number of aliphatic hydroxyl groups is 2. The van der Waals surface area contributed by atoms with E-state index >= 15 is 0 Å². The molecule has 0 aliphatic heterocycles. The molecule has 212 valence electrons. The van der Waals surface area contributed by atoms with E-state index in [9.17, 15) is 19.8 Å². The van der Waals surface area contributed by atoms with Crippen LogP contribution in [0.5, 0.6) is 0 Å². The Balaban J connectivity index is -0.000000469. The number of aliphatic hydroxyl groups excluding tert-OH is 2. The molecule has 0 bridgehead atoms. The van der Waals surface area contributed by atoms with Gasteiger partial charge in [-0.2, -0.15) is 0 Å². The maximum Gasteiger partial charge on any atom is 0.185 e. The molecule has 0 spiro atoms. The van der Waals surface area contributed by atoms with Gasteiger partial charge >= 0.3 is 0 Å². The van der Waals surface area contributed by atoms with Crippen molar-refractivity contribution >= 4 is 11.6 Å². The normalized spacial score (nSPS) is 16.9. The van der Waals surface area contributed by atoms with E-state index in [0.717, 1.165) is 0 Å². The molecule has 0 saturated heterocycles. The Bertz CT molecular complexity index is 997. The molecular formula is C30H40O6Ru2. The van der Waals surface area contributed by atoms with Crippen LogP contribution in [0.1, 0.15) is 61.8 Å². The van der Waals surface area contributed by atoms with E-state index in [4.69, 9.17) is 0 Å². The Morgan fingerprint density at radius 3 is 1.08 bits per heavy atom. The van der Waals surface area contributed by atoms with Crippen molar-refractivity contribution in [2.75, 3.05) is 0 Å². The Morgan fingerprint density at radius 1 is 0.579 bits per heavy atom. The number of carbonyl (C=O) groups is 2. The average Bonchev–Trinajstić information content (AvgIpc) is 2.79. The second-order valence-corrected chi connectivity index (χ2v) is 9.29. The summed E-state index contributed by atoms with van der Waals surface area (Å²) in [5.41, 5.74) is 5.50. The average molecular weight is 699 g/mol. The van der Waals surface area contributed by atoms with E-state index in [-0.39, 0.29) is 61.1 Å². The molecule has 2 aromatic carbocycles. The van der Waals surface area contributed by atoms with Gasteiger partial charge in [-0.05, 0) is 61.1 Å². The second-order valence-electron chi connectivity index (χ2n) is 9.29. The zero-order valence-electron chi connectivity index (χ0n) is 22.7. The van der Waals surface area contributed by atoms with Gasteiger partial charge in [0.2, 0.25) is 0 Å². The molecule has 2 aliphatic carbocycles. The zero-order valence-corrected chi connectivity index (χ0v) is 26.1. The van der Waals surface area contributed by atoms with Gasteiger partial charge in [-0.3, -0.25) is 9.59 Å². The number of aryl methyl sites for hydroxylation is 2. The van der Waals surface area contributed by atoms with Crippen LogP contribution in [-0.4, -0.2) is 44.9 Å². The fourth-order valence-electron chi connectivity index (χ4n) is 3.51. The molecule has 0 heterocycles. The molecule has 0 amide bonds. The molecule has 4 rings (SSSR count). The molecule has 2 atom stereocenters. The number of allylic oxidation sites excluding steroid dienone is 2. The third kappa shape index (κ3) is 11.9. The third-order valence-corrected chi connectivity index (χ3v) is 5.76. The van der Waals surface area contributed by atoms with Crippen molar-refractivity contribution in [2.45, 2.75) is 65.6 Å². The molecule has 0 radical (unpaired) electrons. The van der Waals surface area contributed by atoms with Crippen molar-refractivity contribution in [3.05, 3.63) is 106 Å². The molecule has 8 heteroatoms. The van der Waals surface area contributed by atoms with Crippen LogP contribution in [-0.2, 0) is 48.5 Å². The van der Waals surface area contributed by atoms with Gasteiger partial charge in [0.1, 0.15) is 12.2 Å². The van der Waals surface area contributed by atoms with E-state index in [1.165, 1.54) is 46.6 Å². The summed E-state index contributed by atoms with van der Waals surface area (Å²) in [4.78, 5) is 22.7. The molecule has 2 unspecified atom stereocenters. The first-order valence-corrected chi connectivity index (χ1v) is 11.7. The molecule has 0 fully saturated rings. The maximum atomic E-state index is 11.3. The summed E-state index contributed by atoms with van der Waals surface area (Å²) in [7, 11) is 0. The van der Waals surface area contributed by atoms with Crippen LogP contribution in [0.2, 0.25) is 0 Å². The van der Waals surface area contributed by atoms with Gasteiger partial charge < -0.3 is 21.2 Å². The summed E-state index contributed by atoms with van der Waals surface area (Å²) < 4.78 is 0. The predicted molar refractivity (Wildman–Crippen MR) is 145 cm³/mol. The van der Waals surface area contributed by atoms with E-state index in [0.29, 0.717) is 11.8 Å². The van der Waals surface area contributed by atoms with Crippen LogP contribution >= 0.6 is 0 Å². The number of benzene rings is 2. The maximum absolute atomic E-state index is 11.3. The minimum atomic E-state index is -1.09. The number of carbonyl (C=O) groups excluding carboxylic acids is 2. The number of hydrogen-bond acceptors (Lipinski definition) is 4. The predicted octanol–water partition coefficient (Wildman–Crippen LogP) is 3.87. The number of ketones is 2. The minimum absolute atomic E-state index is 0. The monoisotopic (exact) mass is 700 g/mol. The summed E-state index contributed by atoms with van der Waals surface area (Å²) in [6.07, 6.45) is 2.64. The van der Waals surface area contributed by atoms with Gasteiger partial charge in [-0.15, -0.1) is 0 Å². The standard InChI is InChI=1S/C10H8O4.2C10H14.2H2O.2Ru/c11-5-1-2-6(12)10-8(14)4-3-7(13)9(5)10;2*1-8(2)10-6-4-9(3)5-7-10;;;;/h1-5,8,11,14H;2*4-8H,1-3H3;2*1H2;;. The van der Waals surface area contributed by atoms with Crippen LogP contribution in [0.15, 0.2) is 84.0 Å². The largest absolute Gasteiger partial charge is 0.412 e. The Kier molecular flexibility index (Phi) is 20.5. The number of rotatable bonds is 2. The quantitative estimate of drug-likeness (QED) is 0.461. The van der Waals surface area contributed by atoms with Crippen LogP contribution in [0.3, 0.4) is 0 Å². The molecule has 6 nitrogen and oxygen atoms in total. The smallest absolute Gasteiger partial charge is 0.185 e. The Morgan fingerprint density at radius 2 is 0.842 bits per heavy atom. The molecule has 2 aromatic rings. The fourth-order valence-corrected chi connectivity index (χ4v) is 3.51. The molecule has 0 aromatic heterocycles. The van der Waals surface area contributed by atoms with Crippen LogP contribution in [0.25, 0.3) is 0 Å². The van der Waals surface area contributed by atoms with Crippen molar-refractivity contribution in [1.82, 2.24) is 0 Å². The summed E-state index contributed by atoms with van der Waals surface area (Å²) in [6.45, 7) is 13.1. The molecular weight excluding hydrogens is 658 g/mol. The first-order chi connectivity index (χ1) is 16.0. The molecule has 38 heavy (non-hydrogen) atoms. The Hall–Kier alpha value is -1.91. The summed E-state index contributed by atoms with van der Waals surface area (Å²) >= 11 is 0. The molecule has 0 saturated carbocycles. The van der Waals surface area contributed by atoms with Crippen molar-refractivity contribution in [1.29, 1.82) is 0 Å². The second kappa shape index (κ2) is 19.2. The third-order valence-electron chi connectivity index (χ3n) is 5.76.